The fraction of sp³-hybridized carbons (Fsp3) is 0.480. The zero-order valence-corrected chi connectivity index (χ0v) is 18.6. The molecular weight excluding hydrogens is 395 g/mol. The van der Waals surface area contributed by atoms with Gasteiger partial charge >= 0.3 is 6.03 Å². The van der Waals surface area contributed by atoms with Crippen molar-refractivity contribution in [1.82, 2.24) is 10.6 Å². The van der Waals surface area contributed by atoms with Crippen molar-refractivity contribution >= 4 is 6.03 Å². The van der Waals surface area contributed by atoms with Crippen molar-refractivity contribution in [2.45, 2.75) is 50.5 Å². The quantitative estimate of drug-likeness (QED) is 0.646. The van der Waals surface area contributed by atoms with Gasteiger partial charge in [-0.15, -0.1) is 0 Å². The van der Waals surface area contributed by atoms with Gasteiger partial charge in [0.25, 0.3) is 0 Å². The number of urea groups is 1. The Balaban J connectivity index is 1.56. The summed E-state index contributed by atoms with van der Waals surface area (Å²) in [7, 11) is 0. The topological polar surface area (TPSA) is 70.6 Å². The van der Waals surface area contributed by atoms with Crippen LogP contribution in [0.5, 0.6) is 0 Å². The molecule has 1 fully saturated rings. The second kappa shape index (κ2) is 9.79. The van der Waals surface area contributed by atoms with Gasteiger partial charge in [0.05, 0.1) is 6.10 Å². The van der Waals surface area contributed by atoms with E-state index in [2.05, 4.69) is 31.4 Å². The van der Waals surface area contributed by atoms with Crippen molar-refractivity contribution in [3.05, 3.63) is 71.0 Å². The number of rotatable bonds is 6. The summed E-state index contributed by atoms with van der Waals surface area (Å²) in [4.78, 5) is 12.4. The molecule has 1 heterocycles. The molecule has 1 aliphatic heterocycles. The SMILES string of the molecule is CC(C)(C)c1ccc(C(O)CNC(=O)NCC2(c3cccc(F)c3)CCOCC2)cc1. The summed E-state index contributed by atoms with van der Waals surface area (Å²) in [5, 5.41) is 16.1. The van der Waals surface area contributed by atoms with Gasteiger partial charge in [-0.2, -0.15) is 0 Å². The fourth-order valence-corrected chi connectivity index (χ4v) is 3.97. The zero-order valence-electron chi connectivity index (χ0n) is 18.6. The molecule has 31 heavy (non-hydrogen) atoms. The zero-order chi connectivity index (χ0) is 22.5. The summed E-state index contributed by atoms with van der Waals surface area (Å²) >= 11 is 0. The maximum absolute atomic E-state index is 13.8. The van der Waals surface area contributed by atoms with Gasteiger partial charge in [0.1, 0.15) is 5.82 Å². The number of aliphatic hydroxyl groups excluding tert-OH is 1. The number of nitrogens with one attached hydrogen (secondary N) is 2. The van der Waals surface area contributed by atoms with Gasteiger partial charge in [0.15, 0.2) is 0 Å². The maximum atomic E-state index is 13.8. The molecule has 0 saturated carbocycles. The largest absolute Gasteiger partial charge is 0.387 e. The minimum absolute atomic E-state index is 0.0450. The molecule has 5 nitrogen and oxygen atoms in total. The first-order chi connectivity index (χ1) is 14.7. The highest BCUT2D eigenvalue weighted by Crippen LogP contribution is 2.34. The van der Waals surface area contributed by atoms with E-state index in [0.717, 1.165) is 11.1 Å². The second-order valence-electron chi connectivity index (χ2n) is 9.35. The Labute approximate surface area is 184 Å². The van der Waals surface area contributed by atoms with Crippen LogP contribution in [0.2, 0.25) is 0 Å². The molecule has 1 saturated heterocycles. The molecule has 168 valence electrons. The van der Waals surface area contributed by atoms with Gasteiger partial charge in [-0.05, 0) is 47.1 Å². The molecule has 0 spiro atoms. The average molecular weight is 429 g/mol. The predicted octanol–water partition coefficient (Wildman–Crippen LogP) is 4.20. The number of amides is 2. The van der Waals surface area contributed by atoms with Crippen molar-refractivity contribution in [3.8, 4) is 0 Å². The van der Waals surface area contributed by atoms with Crippen LogP contribution in [0.3, 0.4) is 0 Å². The number of ether oxygens (including phenoxy) is 1. The first-order valence-corrected chi connectivity index (χ1v) is 10.8. The van der Waals surface area contributed by atoms with Crippen LogP contribution in [0.4, 0.5) is 9.18 Å². The highest BCUT2D eigenvalue weighted by Gasteiger charge is 2.35. The lowest BCUT2D eigenvalue weighted by molar-refractivity contribution is 0.0505. The third-order valence-electron chi connectivity index (χ3n) is 6.09. The van der Waals surface area contributed by atoms with Crippen molar-refractivity contribution in [1.29, 1.82) is 0 Å². The molecule has 2 amide bonds. The number of benzene rings is 2. The summed E-state index contributed by atoms with van der Waals surface area (Å²) < 4.78 is 19.3. The molecule has 3 N–H and O–H groups in total. The number of carbonyl (C=O) groups is 1. The number of hydrogen-bond acceptors (Lipinski definition) is 3. The van der Waals surface area contributed by atoms with E-state index < -0.39 is 6.10 Å². The minimum Gasteiger partial charge on any atom is -0.387 e. The van der Waals surface area contributed by atoms with Crippen LogP contribution in [0, 0.1) is 5.82 Å². The molecule has 3 rings (SSSR count). The van der Waals surface area contributed by atoms with Crippen LogP contribution < -0.4 is 10.6 Å². The van der Waals surface area contributed by atoms with Crippen LogP contribution in [-0.2, 0) is 15.6 Å². The lowest BCUT2D eigenvalue weighted by Crippen LogP contribution is -2.48. The summed E-state index contributed by atoms with van der Waals surface area (Å²) in [5.41, 5.74) is 2.50. The van der Waals surface area contributed by atoms with E-state index in [1.54, 1.807) is 6.07 Å². The second-order valence-corrected chi connectivity index (χ2v) is 9.35. The summed E-state index contributed by atoms with van der Waals surface area (Å²) in [6.45, 7) is 8.04. The van der Waals surface area contributed by atoms with Crippen LogP contribution in [-0.4, -0.2) is 37.4 Å². The van der Waals surface area contributed by atoms with Crippen LogP contribution >= 0.6 is 0 Å². The fourth-order valence-electron chi connectivity index (χ4n) is 3.97. The summed E-state index contributed by atoms with van der Waals surface area (Å²) in [6, 6.07) is 14.0. The lowest BCUT2D eigenvalue weighted by atomic mass is 9.74. The Morgan fingerprint density at radius 1 is 1.13 bits per heavy atom. The molecule has 0 aromatic heterocycles. The van der Waals surface area contributed by atoms with E-state index in [4.69, 9.17) is 4.74 Å². The Bertz CT molecular complexity index is 871. The third kappa shape index (κ3) is 6.05. The van der Waals surface area contributed by atoms with E-state index in [0.29, 0.717) is 32.6 Å². The molecule has 1 unspecified atom stereocenters. The Morgan fingerprint density at radius 3 is 2.42 bits per heavy atom. The smallest absolute Gasteiger partial charge is 0.314 e. The van der Waals surface area contributed by atoms with Gasteiger partial charge < -0.3 is 20.5 Å². The van der Waals surface area contributed by atoms with Crippen molar-refractivity contribution in [2.75, 3.05) is 26.3 Å². The highest BCUT2D eigenvalue weighted by molar-refractivity contribution is 5.74. The van der Waals surface area contributed by atoms with E-state index in [-0.39, 0.29) is 29.2 Å². The van der Waals surface area contributed by atoms with Gasteiger partial charge in [-0.25, -0.2) is 9.18 Å². The van der Waals surface area contributed by atoms with Crippen LogP contribution in [0.1, 0.15) is 56.4 Å². The van der Waals surface area contributed by atoms with Gasteiger partial charge in [0, 0.05) is 31.7 Å². The first kappa shape index (κ1) is 23.2. The summed E-state index contributed by atoms with van der Waals surface area (Å²) in [5.74, 6) is -0.284. The molecule has 0 bridgehead atoms. The van der Waals surface area contributed by atoms with Gasteiger partial charge in [-0.3, -0.25) is 0 Å². The molecule has 0 aliphatic carbocycles. The highest BCUT2D eigenvalue weighted by atomic mass is 19.1. The third-order valence-corrected chi connectivity index (χ3v) is 6.09. The number of aliphatic hydroxyl groups is 1. The predicted molar refractivity (Wildman–Crippen MR) is 120 cm³/mol. The molecule has 0 radical (unpaired) electrons. The summed E-state index contributed by atoms with van der Waals surface area (Å²) in [6.07, 6.45) is 0.624. The molecule has 2 aromatic rings. The number of carbonyl (C=O) groups excluding carboxylic acids is 1. The van der Waals surface area contributed by atoms with E-state index in [1.165, 1.54) is 17.7 Å². The van der Waals surface area contributed by atoms with Crippen LogP contribution in [0.25, 0.3) is 0 Å². The molecule has 1 atom stereocenters. The molecule has 1 aliphatic rings. The number of hydrogen-bond donors (Lipinski definition) is 3. The van der Waals surface area contributed by atoms with E-state index >= 15 is 0 Å². The van der Waals surface area contributed by atoms with Crippen LogP contribution in [0.15, 0.2) is 48.5 Å². The first-order valence-electron chi connectivity index (χ1n) is 10.8. The molecular formula is C25H33FN2O3. The average Bonchev–Trinajstić information content (AvgIpc) is 2.76. The minimum atomic E-state index is -0.792. The lowest BCUT2D eigenvalue weighted by Gasteiger charge is -2.38. The monoisotopic (exact) mass is 428 g/mol. The molecule has 2 aromatic carbocycles. The Kier molecular flexibility index (Phi) is 7.34. The maximum Gasteiger partial charge on any atom is 0.314 e. The normalized spacial score (nSPS) is 17.1. The molecule has 6 heteroatoms. The van der Waals surface area contributed by atoms with Gasteiger partial charge in [-0.1, -0.05) is 57.2 Å². The standard InChI is InChI=1S/C25H33FN2O3/c1-24(2,3)19-9-7-18(8-10-19)22(29)16-27-23(30)28-17-25(11-13-31-14-12-25)20-5-4-6-21(26)15-20/h4-10,15,22,29H,11-14,16-17H2,1-3H3,(H2,27,28,30). The Morgan fingerprint density at radius 2 is 1.81 bits per heavy atom. The number of halogens is 1. The Hall–Kier alpha value is -2.44. The van der Waals surface area contributed by atoms with E-state index in [1.807, 2.05) is 30.3 Å². The van der Waals surface area contributed by atoms with Crippen molar-refractivity contribution in [2.24, 2.45) is 0 Å². The van der Waals surface area contributed by atoms with Crippen molar-refractivity contribution < 1.29 is 19.0 Å². The van der Waals surface area contributed by atoms with Gasteiger partial charge in [0.2, 0.25) is 0 Å². The van der Waals surface area contributed by atoms with E-state index in [9.17, 15) is 14.3 Å². The van der Waals surface area contributed by atoms with Crippen molar-refractivity contribution in [3.63, 3.8) is 0 Å².